The van der Waals surface area contributed by atoms with E-state index in [9.17, 15) is 4.79 Å². The summed E-state index contributed by atoms with van der Waals surface area (Å²) in [6.07, 6.45) is 0. The molecule has 4 aromatic rings. The lowest BCUT2D eigenvalue weighted by molar-refractivity contribution is 0.250. The number of piperazine rings is 1. The van der Waals surface area contributed by atoms with Crippen molar-refractivity contribution in [2.75, 3.05) is 31.1 Å². The van der Waals surface area contributed by atoms with Gasteiger partial charge in [0, 0.05) is 39.8 Å². The van der Waals surface area contributed by atoms with E-state index in [0.717, 1.165) is 43.9 Å². The number of aromatic nitrogens is 1. The molecule has 1 aromatic heterocycles. The molecule has 0 aliphatic carbocycles. The van der Waals surface area contributed by atoms with Crippen molar-refractivity contribution in [3.63, 3.8) is 0 Å². The molecule has 1 aliphatic rings. The molecule has 1 radical (unpaired) electrons. The van der Waals surface area contributed by atoms with Gasteiger partial charge in [0.25, 0.3) is 0 Å². The van der Waals surface area contributed by atoms with Gasteiger partial charge < -0.3 is 9.32 Å². The van der Waals surface area contributed by atoms with Crippen LogP contribution in [-0.2, 0) is 6.54 Å². The molecular weight excluding hydrogens is 374 g/mol. The fourth-order valence-electron chi connectivity index (χ4n) is 4.20. The standard InChI is InChI=1S/C25H24N3O2/c1-26-22-11-6-12-23(24(22)30-25(26)29)28-15-13-27(14-16-28)18-19-7-5-10-21(17-19)20-8-3-2-4-9-20/h2-12,17H,1,13-16,18H2. The van der Waals surface area contributed by atoms with Gasteiger partial charge in [0.2, 0.25) is 0 Å². The van der Waals surface area contributed by atoms with Gasteiger partial charge in [0.05, 0.1) is 11.2 Å². The molecule has 1 fully saturated rings. The number of nitrogens with zero attached hydrogens (tertiary/aromatic N) is 3. The zero-order valence-electron chi connectivity index (χ0n) is 16.8. The highest BCUT2D eigenvalue weighted by molar-refractivity contribution is 5.87. The summed E-state index contributed by atoms with van der Waals surface area (Å²) in [5.74, 6) is -0.422. The van der Waals surface area contributed by atoms with Crippen LogP contribution < -0.4 is 10.7 Å². The van der Waals surface area contributed by atoms with Crippen molar-refractivity contribution < 1.29 is 4.42 Å². The van der Waals surface area contributed by atoms with Crippen LogP contribution in [0.25, 0.3) is 22.2 Å². The number of para-hydroxylation sites is 1. The maximum absolute atomic E-state index is 11.9. The van der Waals surface area contributed by atoms with Crippen molar-refractivity contribution in [1.82, 2.24) is 9.47 Å². The molecule has 0 saturated carbocycles. The summed E-state index contributed by atoms with van der Waals surface area (Å²) in [7, 11) is 3.77. The average molecular weight is 398 g/mol. The van der Waals surface area contributed by atoms with Crippen LogP contribution in [-0.4, -0.2) is 35.6 Å². The summed E-state index contributed by atoms with van der Waals surface area (Å²) in [6, 6.07) is 25.1. The van der Waals surface area contributed by atoms with Gasteiger partial charge in [0.15, 0.2) is 5.58 Å². The van der Waals surface area contributed by atoms with E-state index in [0.29, 0.717) is 5.58 Å². The summed E-state index contributed by atoms with van der Waals surface area (Å²) in [4.78, 5) is 16.6. The van der Waals surface area contributed by atoms with Crippen molar-refractivity contribution in [1.29, 1.82) is 0 Å². The zero-order valence-corrected chi connectivity index (χ0v) is 16.8. The largest absolute Gasteiger partial charge is 0.420 e. The Bertz CT molecular complexity index is 1220. The third-order valence-corrected chi connectivity index (χ3v) is 5.83. The Hall–Kier alpha value is -3.31. The highest BCUT2D eigenvalue weighted by Crippen LogP contribution is 2.27. The summed E-state index contributed by atoms with van der Waals surface area (Å²) in [5.41, 5.74) is 6.16. The zero-order chi connectivity index (χ0) is 20.5. The highest BCUT2D eigenvalue weighted by atomic mass is 16.4. The summed E-state index contributed by atoms with van der Waals surface area (Å²) in [6.45, 7) is 4.64. The molecule has 0 N–H and O–H groups in total. The van der Waals surface area contributed by atoms with E-state index < -0.39 is 5.76 Å². The molecule has 1 saturated heterocycles. The Morgan fingerprint density at radius 2 is 1.57 bits per heavy atom. The Kier molecular flexibility index (Phi) is 4.89. The van der Waals surface area contributed by atoms with Crippen LogP contribution in [0.3, 0.4) is 0 Å². The first-order valence-corrected chi connectivity index (χ1v) is 10.3. The lowest BCUT2D eigenvalue weighted by atomic mass is 10.0. The number of hydrogen-bond acceptors (Lipinski definition) is 4. The van der Waals surface area contributed by atoms with E-state index in [-0.39, 0.29) is 0 Å². The SMILES string of the molecule is [CH2]n1c(=O)oc2c(N3CCN(Cc4cccc(-c5ccccc5)c4)CC3)cccc21. The monoisotopic (exact) mass is 398 g/mol. The Balaban J connectivity index is 1.28. The van der Waals surface area contributed by atoms with Gasteiger partial charge in [0.1, 0.15) is 0 Å². The quantitative estimate of drug-likeness (QED) is 0.516. The fraction of sp³-hybridized carbons (Fsp3) is 0.200. The van der Waals surface area contributed by atoms with Crippen molar-refractivity contribution in [2.24, 2.45) is 0 Å². The van der Waals surface area contributed by atoms with Crippen LogP contribution in [0, 0.1) is 7.05 Å². The first-order chi connectivity index (χ1) is 14.7. The molecular formula is C25H24N3O2. The Labute approximate surface area is 175 Å². The average Bonchev–Trinajstić information content (AvgIpc) is 3.09. The molecule has 0 bridgehead atoms. The first kappa shape index (κ1) is 18.7. The van der Waals surface area contributed by atoms with E-state index in [1.165, 1.54) is 21.3 Å². The van der Waals surface area contributed by atoms with E-state index in [2.05, 4.69) is 65.4 Å². The number of hydrogen-bond donors (Lipinski definition) is 0. The third kappa shape index (κ3) is 3.53. The van der Waals surface area contributed by atoms with Gasteiger partial charge in [-0.1, -0.05) is 54.6 Å². The molecule has 30 heavy (non-hydrogen) atoms. The predicted octanol–water partition coefficient (Wildman–Crippen LogP) is 4.22. The molecule has 3 aromatic carbocycles. The molecule has 5 heteroatoms. The van der Waals surface area contributed by atoms with Gasteiger partial charge in [-0.2, -0.15) is 0 Å². The van der Waals surface area contributed by atoms with Crippen LogP contribution in [0.4, 0.5) is 5.69 Å². The first-order valence-electron chi connectivity index (χ1n) is 10.3. The van der Waals surface area contributed by atoms with Crippen LogP contribution in [0.2, 0.25) is 0 Å². The van der Waals surface area contributed by atoms with E-state index in [1.54, 1.807) is 0 Å². The maximum Gasteiger partial charge on any atom is 0.420 e. The number of fused-ring (bicyclic) bond motifs is 1. The smallest absolute Gasteiger partial charge is 0.405 e. The summed E-state index contributed by atoms with van der Waals surface area (Å²) in [5, 5.41) is 0. The van der Waals surface area contributed by atoms with Crippen LogP contribution in [0.5, 0.6) is 0 Å². The molecule has 5 rings (SSSR count). The van der Waals surface area contributed by atoms with Gasteiger partial charge in [-0.05, 0) is 34.9 Å². The van der Waals surface area contributed by atoms with E-state index in [4.69, 9.17) is 4.42 Å². The topological polar surface area (TPSA) is 41.6 Å². The minimum absolute atomic E-state index is 0.422. The van der Waals surface area contributed by atoms with Crippen LogP contribution in [0.15, 0.2) is 82.0 Å². The Morgan fingerprint density at radius 1 is 0.833 bits per heavy atom. The lowest BCUT2D eigenvalue weighted by Gasteiger charge is -2.36. The second kappa shape index (κ2) is 7.84. The second-order valence-corrected chi connectivity index (χ2v) is 7.75. The van der Waals surface area contributed by atoms with Crippen molar-refractivity contribution >= 4 is 16.8 Å². The normalized spacial score (nSPS) is 15.0. The Morgan fingerprint density at radius 3 is 2.37 bits per heavy atom. The van der Waals surface area contributed by atoms with Crippen LogP contribution in [0.1, 0.15) is 5.56 Å². The predicted molar refractivity (Wildman–Crippen MR) is 121 cm³/mol. The van der Waals surface area contributed by atoms with E-state index >= 15 is 0 Å². The van der Waals surface area contributed by atoms with Crippen molar-refractivity contribution in [2.45, 2.75) is 6.54 Å². The van der Waals surface area contributed by atoms with E-state index in [1.807, 2.05) is 24.3 Å². The van der Waals surface area contributed by atoms with Crippen molar-refractivity contribution in [3.05, 3.63) is 96.0 Å². The van der Waals surface area contributed by atoms with Crippen LogP contribution >= 0.6 is 0 Å². The molecule has 1 aliphatic heterocycles. The number of rotatable bonds is 4. The maximum atomic E-state index is 11.9. The number of benzene rings is 3. The molecule has 0 unspecified atom stereocenters. The van der Waals surface area contributed by atoms with Crippen molar-refractivity contribution in [3.8, 4) is 11.1 Å². The highest BCUT2D eigenvalue weighted by Gasteiger charge is 2.21. The fourth-order valence-corrected chi connectivity index (χ4v) is 4.20. The number of oxazole rings is 1. The third-order valence-electron chi connectivity index (χ3n) is 5.83. The molecule has 151 valence electrons. The lowest BCUT2D eigenvalue weighted by Crippen LogP contribution is -2.46. The van der Waals surface area contributed by atoms with Gasteiger partial charge in [-0.15, -0.1) is 0 Å². The molecule has 2 heterocycles. The molecule has 0 amide bonds. The van der Waals surface area contributed by atoms with Gasteiger partial charge in [-0.3, -0.25) is 9.47 Å². The molecule has 0 atom stereocenters. The second-order valence-electron chi connectivity index (χ2n) is 7.75. The minimum atomic E-state index is -0.422. The molecule has 5 nitrogen and oxygen atoms in total. The summed E-state index contributed by atoms with van der Waals surface area (Å²) < 4.78 is 6.76. The molecule has 0 spiro atoms. The number of anilines is 1. The van der Waals surface area contributed by atoms with Gasteiger partial charge >= 0.3 is 5.76 Å². The minimum Gasteiger partial charge on any atom is -0.405 e. The summed E-state index contributed by atoms with van der Waals surface area (Å²) >= 11 is 0. The van der Waals surface area contributed by atoms with Gasteiger partial charge in [-0.25, -0.2) is 4.79 Å².